The number of carbonyl (C=O) groups is 1. The number of carbonyl (C=O) groups excluding carboxylic acids is 1. The summed E-state index contributed by atoms with van der Waals surface area (Å²) in [5.74, 6) is 0.168. The number of pyridine rings is 2. The summed E-state index contributed by atoms with van der Waals surface area (Å²) in [5.41, 5.74) is 5.44. The van der Waals surface area contributed by atoms with Gasteiger partial charge in [-0.25, -0.2) is 4.98 Å². The number of hydrogen-bond acceptors (Lipinski definition) is 3. The largest absolute Gasteiger partial charge is 0.298 e. The van der Waals surface area contributed by atoms with Crippen LogP contribution in [0.2, 0.25) is 5.02 Å². The van der Waals surface area contributed by atoms with Crippen LogP contribution in [0.5, 0.6) is 0 Å². The number of benzene rings is 2. The van der Waals surface area contributed by atoms with E-state index in [1.165, 1.54) is 0 Å². The Morgan fingerprint density at radius 1 is 1.07 bits per heavy atom. The summed E-state index contributed by atoms with van der Waals surface area (Å²) in [4.78, 5) is 22.7. The third-order valence-electron chi connectivity index (χ3n) is 5.78. The molecule has 0 N–H and O–H groups in total. The summed E-state index contributed by atoms with van der Waals surface area (Å²) in [6.07, 6.45) is 3.17. The summed E-state index contributed by atoms with van der Waals surface area (Å²) in [6, 6.07) is 9.87. The molecule has 1 aliphatic rings. The quantitative estimate of drug-likeness (QED) is 0.268. The van der Waals surface area contributed by atoms with Crippen molar-refractivity contribution in [1.29, 1.82) is 0 Å². The maximum absolute atomic E-state index is 13.2. The molecule has 0 bridgehead atoms. The zero-order valence-electron chi connectivity index (χ0n) is 15.0. The van der Waals surface area contributed by atoms with E-state index in [4.69, 9.17) is 16.6 Å². The number of aromatic nitrogens is 3. The number of ketones is 1. The third kappa shape index (κ3) is 1.91. The van der Waals surface area contributed by atoms with Gasteiger partial charge in [0.05, 0.1) is 27.8 Å². The van der Waals surface area contributed by atoms with Crippen molar-refractivity contribution in [3.8, 4) is 0 Å². The van der Waals surface area contributed by atoms with Gasteiger partial charge in [-0.15, -0.1) is 0 Å². The summed E-state index contributed by atoms with van der Waals surface area (Å²) in [7, 11) is 0. The summed E-state index contributed by atoms with van der Waals surface area (Å²) < 4.78 is 2.08. The van der Waals surface area contributed by atoms with Crippen molar-refractivity contribution in [3.63, 3.8) is 0 Å². The van der Waals surface area contributed by atoms with Crippen LogP contribution >= 0.6 is 11.6 Å². The SMILES string of the molecule is CC1(C)CC(=O)c2c(nc3ccc4ncn5c6ccc(Cl)cc6c2c3c45)C1. The molecule has 0 spiro atoms. The lowest BCUT2D eigenvalue weighted by Gasteiger charge is -2.30. The van der Waals surface area contributed by atoms with Crippen LogP contribution in [-0.2, 0) is 6.42 Å². The molecule has 0 radical (unpaired) electrons. The smallest absolute Gasteiger partial charge is 0.165 e. The maximum Gasteiger partial charge on any atom is 0.165 e. The first-order valence-corrected chi connectivity index (χ1v) is 9.47. The molecule has 0 aliphatic heterocycles. The molecule has 0 saturated heterocycles. The van der Waals surface area contributed by atoms with E-state index >= 15 is 0 Å². The van der Waals surface area contributed by atoms with Gasteiger partial charge < -0.3 is 0 Å². The van der Waals surface area contributed by atoms with E-state index in [2.05, 4.69) is 23.2 Å². The van der Waals surface area contributed by atoms with Crippen molar-refractivity contribution in [2.75, 3.05) is 0 Å². The van der Waals surface area contributed by atoms with E-state index in [0.717, 1.165) is 55.9 Å². The molecule has 6 rings (SSSR count). The zero-order valence-corrected chi connectivity index (χ0v) is 15.8. The van der Waals surface area contributed by atoms with Crippen LogP contribution in [0, 0.1) is 5.41 Å². The number of nitrogens with zero attached hydrogens (tertiary/aromatic N) is 3. The van der Waals surface area contributed by atoms with Crippen molar-refractivity contribution in [3.05, 3.63) is 52.9 Å². The molecule has 0 saturated carbocycles. The third-order valence-corrected chi connectivity index (χ3v) is 6.02. The minimum atomic E-state index is -0.0742. The number of imidazole rings is 1. The molecular weight excluding hydrogens is 358 g/mol. The monoisotopic (exact) mass is 373 g/mol. The number of fused-ring (bicyclic) bond motifs is 5. The van der Waals surface area contributed by atoms with Crippen LogP contribution in [0.4, 0.5) is 0 Å². The second-order valence-corrected chi connectivity index (χ2v) is 8.79. The molecule has 5 aromatic rings. The van der Waals surface area contributed by atoms with E-state index in [1.807, 2.05) is 36.7 Å². The number of hydrogen-bond donors (Lipinski definition) is 0. The van der Waals surface area contributed by atoms with E-state index in [-0.39, 0.29) is 11.2 Å². The Kier molecular flexibility index (Phi) is 2.71. The molecule has 2 aromatic carbocycles. The van der Waals surface area contributed by atoms with Crippen LogP contribution < -0.4 is 0 Å². The first kappa shape index (κ1) is 15.3. The van der Waals surface area contributed by atoms with Gasteiger partial charge in [0, 0.05) is 33.2 Å². The standard InChI is InChI=1S/C22H16ClN3O/c1-22(2)8-15-19(17(27)9-22)18-12-7-11(23)3-6-16(12)26-10-24-14-5-4-13(25-15)20(18)21(14)26/h3-7,10H,8-9H2,1-2H3. The molecule has 5 heteroatoms. The average Bonchev–Trinajstić information content (AvgIpc) is 3.03. The van der Waals surface area contributed by atoms with Gasteiger partial charge in [-0.3, -0.25) is 14.2 Å². The Hall–Kier alpha value is -2.72. The average molecular weight is 374 g/mol. The number of rotatable bonds is 0. The molecule has 132 valence electrons. The van der Waals surface area contributed by atoms with Gasteiger partial charge in [0.2, 0.25) is 0 Å². The lowest BCUT2D eigenvalue weighted by molar-refractivity contribution is 0.0912. The highest BCUT2D eigenvalue weighted by Gasteiger charge is 2.34. The summed E-state index contributed by atoms with van der Waals surface area (Å²) >= 11 is 6.35. The first-order chi connectivity index (χ1) is 12.9. The van der Waals surface area contributed by atoms with Gasteiger partial charge in [0.15, 0.2) is 5.78 Å². The second kappa shape index (κ2) is 4.76. The predicted octanol–water partition coefficient (Wildman–Crippen LogP) is 5.44. The van der Waals surface area contributed by atoms with Crippen molar-refractivity contribution in [2.45, 2.75) is 26.7 Å². The fourth-order valence-corrected chi connectivity index (χ4v) is 4.92. The van der Waals surface area contributed by atoms with Crippen molar-refractivity contribution >= 4 is 55.6 Å². The predicted molar refractivity (Wildman–Crippen MR) is 108 cm³/mol. The number of halogens is 1. The van der Waals surface area contributed by atoms with Crippen molar-refractivity contribution < 1.29 is 4.79 Å². The Morgan fingerprint density at radius 2 is 1.89 bits per heavy atom. The van der Waals surface area contributed by atoms with E-state index in [0.29, 0.717) is 11.4 Å². The van der Waals surface area contributed by atoms with Gasteiger partial charge in [-0.2, -0.15) is 0 Å². The van der Waals surface area contributed by atoms with Gasteiger partial charge in [-0.05, 0) is 42.2 Å². The normalized spacial score (nSPS) is 16.8. The Labute approximate surface area is 160 Å². The highest BCUT2D eigenvalue weighted by atomic mass is 35.5. The number of Topliss-reactive ketones (excluding diaryl/α,β-unsaturated/α-hetero) is 1. The molecule has 0 amide bonds. The van der Waals surface area contributed by atoms with Crippen LogP contribution in [0.3, 0.4) is 0 Å². The van der Waals surface area contributed by atoms with Crippen LogP contribution in [0.25, 0.3) is 38.2 Å². The van der Waals surface area contributed by atoms with Gasteiger partial charge >= 0.3 is 0 Å². The molecular formula is C22H16ClN3O. The van der Waals surface area contributed by atoms with E-state index in [9.17, 15) is 4.79 Å². The second-order valence-electron chi connectivity index (χ2n) is 8.35. The molecule has 3 heterocycles. The van der Waals surface area contributed by atoms with Crippen LogP contribution in [0.1, 0.15) is 36.3 Å². The Balaban J connectivity index is 1.97. The van der Waals surface area contributed by atoms with E-state index in [1.54, 1.807) is 0 Å². The molecule has 0 fully saturated rings. The topological polar surface area (TPSA) is 47.3 Å². The van der Waals surface area contributed by atoms with Crippen LogP contribution in [-0.4, -0.2) is 20.2 Å². The van der Waals surface area contributed by atoms with Crippen molar-refractivity contribution in [2.24, 2.45) is 5.41 Å². The lowest BCUT2D eigenvalue weighted by atomic mass is 9.74. The van der Waals surface area contributed by atoms with Crippen molar-refractivity contribution in [1.82, 2.24) is 14.4 Å². The highest BCUT2D eigenvalue weighted by molar-refractivity contribution is 6.33. The lowest BCUT2D eigenvalue weighted by Crippen LogP contribution is -2.28. The Morgan fingerprint density at radius 3 is 2.74 bits per heavy atom. The molecule has 0 atom stereocenters. The van der Waals surface area contributed by atoms with E-state index < -0.39 is 0 Å². The summed E-state index contributed by atoms with van der Waals surface area (Å²) in [5, 5.41) is 3.63. The minimum absolute atomic E-state index is 0.0742. The molecule has 4 nitrogen and oxygen atoms in total. The fraction of sp³-hybridized carbons (Fsp3) is 0.227. The Bertz CT molecular complexity index is 1430. The molecule has 3 aromatic heterocycles. The first-order valence-electron chi connectivity index (χ1n) is 9.09. The molecule has 1 aliphatic carbocycles. The minimum Gasteiger partial charge on any atom is -0.298 e. The molecule has 27 heavy (non-hydrogen) atoms. The van der Waals surface area contributed by atoms with Gasteiger partial charge in [-0.1, -0.05) is 25.4 Å². The fourth-order valence-electron chi connectivity index (χ4n) is 4.74. The summed E-state index contributed by atoms with van der Waals surface area (Å²) in [6.45, 7) is 4.27. The maximum atomic E-state index is 13.2. The van der Waals surface area contributed by atoms with Gasteiger partial charge in [0.1, 0.15) is 6.33 Å². The van der Waals surface area contributed by atoms with Gasteiger partial charge in [0.25, 0.3) is 0 Å². The zero-order chi connectivity index (χ0) is 18.5. The van der Waals surface area contributed by atoms with Crippen LogP contribution in [0.15, 0.2) is 36.7 Å². The highest BCUT2D eigenvalue weighted by Crippen LogP contribution is 2.43. The molecule has 0 unspecified atom stereocenters.